The summed E-state index contributed by atoms with van der Waals surface area (Å²) in [4.78, 5) is 10.1. The van der Waals surface area contributed by atoms with Crippen LogP contribution in [0.25, 0.3) is 0 Å². The molecule has 0 bridgehead atoms. The smallest absolute Gasteiger partial charge is 0.272 e. The molecule has 7 heteroatoms. The molecule has 0 radical (unpaired) electrons. The van der Waals surface area contributed by atoms with Crippen LogP contribution < -0.4 is 5.32 Å². The summed E-state index contributed by atoms with van der Waals surface area (Å²) >= 11 is 3.89. The second-order valence-corrected chi connectivity index (χ2v) is 6.83. The molecule has 0 aliphatic carbocycles. The Hall–Kier alpha value is -0.790. The van der Waals surface area contributed by atoms with Gasteiger partial charge in [0.15, 0.2) is 0 Å². The molecular weight excluding hydrogens is 287 g/mol. The van der Waals surface area contributed by atoms with Gasteiger partial charge in [-0.3, -0.25) is 10.1 Å². The first kappa shape index (κ1) is 14.6. The van der Waals surface area contributed by atoms with E-state index in [4.69, 9.17) is 0 Å². The van der Waals surface area contributed by atoms with Gasteiger partial charge in [-0.15, -0.1) is 0 Å². The Labute approximate surface area is 119 Å². The van der Waals surface area contributed by atoms with Crippen molar-refractivity contribution in [2.75, 3.05) is 23.8 Å². The Bertz CT molecular complexity index is 453. The van der Waals surface area contributed by atoms with Crippen molar-refractivity contribution in [1.82, 2.24) is 5.32 Å². The molecule has 0 aromatic heterocycles. The molecule has 1 heterocycles. The molecule has 4 nitrogen and oxygen atoms in total. The van der Waals surface area contributed by atoms with E-state index in [1.807, 2.05) is 23.5 Å². The van der Waals surface area contributed by atoms with Crippen LogP contribution in [0.3, 0.4) is 0 Å². The van der Waals surface area contributed by atoms with Crippen LogP contribution in [0.5, 0.6) is 0 Å². The van der Waals surface area contributed by atoms with Crippen LogP contribution in [0.2, 0.25) is 0 Å². The molecule has 104 valence electrons. The summed E-state index contributed by atoms with van der Waals surface area (Å²) in [5.74, 6) is 2.94. The van der Waals surface area contributed by atoms with Crippen molar-refractivity contribution >= 4 is 29.2 Å². The summed E-state index contributed by atoms with van der Waals surface area (Å²) in [6.45, 7) is 1.31. The Balaban J connectivity index is 1.86. The van der Waals surface area contributed by atoms with Crippen LogP contribution in [0.1, 0.15) is 5.56 Å². The van der Waals surface area contributed by atoms with Crippen molar-refractivity contribution in [2.24, 2.45) is 0 Å². The SMILES string of the molecule is O=[N+]([O-])c1cc(F)cc(CNCC2CSCCS2)c1. The fourth-order valence-corrected chi connectivity index (χ4v) is 4.52. The van der Waals surface area contributed by atoms with Gasteiger partial charge >= 0.3 is 0 Å². The molecule has 1 aromatic rings. The number of nitrogens with zero attached hydrogens (tertiary/aromatic N) is 1. The van der Waals surface area contributed by atoms with E-state index in [1.165, 1.54) is 23.6 Å². The fourth-order valence-electron chi connectivity index (χ4n) is 1.87. The number of halogens is 1. The topological polar surface area (TPSA) is 55.2 Å². The van der Waals surface area contributed by atoms with Gasteiger partial charge in [-0.25, -0.2) is 4.39 Å². The lowest BCUT2D eigenvalue weighted by Crippen LogP contribution is -2.28. The zero-order valence-corrected chi connectivity index (χ0v) is 11.9. The van der Waals surface area contributed by atoms with Crippen molar-refractivity contribution < 1.29 is 9.31 Å². The van der Waals surface area contributed by atoms with E-state index >= 15 is 0 Å². The van der Waals surface area contributed by atoms with Crippen LogP contribution >= 0.6 is 23.5 Å². The third-order valence-corrected chi connectivity index (χ3v) is 5.58. The van der Waals surface area contributed by atoms with Crippen molar-refractivity contribution in [3.05, 3.63) is 39.7 Å². The molecule has 1 aliphatic rings. The number of rotatable bonds is 5. The van der Waals surface area contributed by atoms with E-state index in [0.29, 0.717) is 17.4 Å². The molecule has 0 spiro atoms. The van der Waals surface area contributed by atoms with Gasteiger partial charge in [0, 0.05) is 41.7 Å². The van der Waals surface area contributed by atoms with E-state index < -0.39 is 10.7 Å². The van der Waals surface area contributed by atoms with Crippen LogP contribution in [0.4, 0.5) is 10.1 Å². The third kappa shape index (κ3) is 4.67. The third-order valence-electron chi connectivity index (χ3n) is 2.74. The van der Waals surface area contributed by atoms with Crippen molar-refractivity contribution in [3.8, 4) is 0 Å². The second-order valence-electron chi connectivity index (χ2n) is 4.27. The summed E-state index contributed by atoms with van der Waals surface area (Å²) in [7, 11) is 0. The minimum absolute atomic E-state index is 0.195. The molecule has 1 saturated heterocycles. The molecule has 19 heavy (non-hydrogen) atoms. The molecular formula is C12H15FN2O2S2. The highest BCUT2D eigenvalue weighted by molar-refractivity contribution is 8.06. The standard InChI is InChI=1S/C12H15FN2O2S2/c13-10-3-9(4-11(5-10)15(16)17)6-14-7-12-8-18-1-2-19-12/h3-5,12,14H,1-2,6-8H2. The maximum absolute atomic E-state index is 13.2. The molecule has 1 atom stereocenters. The van der Waals surface area contributed by atoms with Gasteiger partial charge in [-0.2, -0.15) is 23.5 Å². The van der Waals surface area contributed by atoms with E-state index in [-0.39, 0.29) is 5.69 Å². The maximum Gasteiger partial charge on any atom is 0.272 e. The maximum atomic E-state index is 13.2. The predicted molar refractivity (Wildman–Crippen MR) is 78.3 cm³/mol. The Morgan fingerprint density at radius 1 is 1.42 bits per heavy atom. The van der Waals surface area contributed by atoms with E-state index in [1.54, 1.807) is 0 Å². The lowest BCUT2D eigenvalue weighted by Gasteiger charge is -2.21. The molecule has 2 rings (SSSR count). The quantitative estimate of drug-likeness (QED) is 0.669. The Kier molecular flexibility index (Phi) is 5.47. The first-order valence-corrected chi connectivity index (χ1v) is 8.19. The summed E-state index contributed by atoms with van der Waals surface area (Å²) in [6, 6.07) is 3.69. The van der Waals surface area contributed by atoms with Gasteiger partial charge in [0.2, 0.25) is 0 Å². The molecule has 1 fully saturated rings. The van der Waals surface area contributed by atoms with E-state index in [0.717, 1.165) is 18.4 Å². The highest BCUT2D eigenvalue weighted by atomic mass is 32.2. The summed E-state index contributed by atoms with van der Waals surface area (Å²) in [6.07, 6.45) is 0. The van der Waals surface area contributed by atoms with Crippen LogP contribution in [-0.2, 0) is 6.54 Å². The number of hydrogen-bond donors (Lipinski definition) is 1. The van der Waals surface area contributed by atoms with Gasteiger partial charge in [0.1, 0.15) is 5.82 Å². The number of non-ortho nitro benzene ring substituents is 1. The highest BCUT2D eigenvalue weighted by Gasteiger charge is 2.14. The number of hydrogen-bond acceptors (Lipinski definition) is 5. The van der Waals surface area contributed by atoms with Crippen LogP contribution in [0, 0.1) is 15.9 Å². The number of nitro groups is 1. The predicted octanol–water partition coefficient (Wildman–Crippen LogP) is 2.67. The van der Waals surface area contributed by atoms with Crippen molar-refractivity contribution in [2.45, 2.75) is 11.8 Å². The zero-order valence-electron chi connectivity index (χ0n) is 10.3. The number of thioether (sulfide) groups is 2. The number of benzene rings is 1. The second kappa shape index (κ2) is 7.12. The van der Waals surface area contributed by atoms with Crippen LogP contribution in [0.15, 0.2) is 18.2 Å². The van der Waals surface area contributed by atoms with Crippen LogP contribution in [-0.4, -0.2) is 34.0 Å². The largest absolute Gasteiger partial charge is 0.312 e. The highest BCUT2D eigenvalue weighted by Crippen LogP contribution is 2.23. The zero-order chi connectivity index (χ0) is 13.7. The van der Waals surface area contributed by atoms with Gasteiger partial charge in [-0.1, -0.05) is 0 Å². The average Bonchev–Trinajstić information content (AvgIpc) is 2.39. The average molecular weight is 302 g/mol. The molecule has 0 amide bonds. The van der Waals surface area contributed by atoms with Crippen molar-refractivity contribution in [1.29, 1.82) is 0 Å². The summed E-state index contributed by atoms with van der Waals surface area (Å²) < 4.78 is 13.2. The Morgan fingerprint density at radius 2 is 2.26 bits per heavy atom. The van der Waals surface area contributed by atoms with Gasteiger partial charge < -0.3 is 5.32 Å². The normalized spacial score (nSPS) is 19.3. The summed E-state index contributed by atoms with van der Waals surface area (Å²) in [5, 5.41) is 14.5. The first-order chi connectivity index (χ1) is 9.15. The molecule has 1 unspecified atom stereocenters. The molecule has 1 aliphatic heterocycles. The van der Waals surface area contributed by atoms with E-state index in [9.17, 15) is 14.5 Å². The molecule has 1 N–H and O–H groups in total. The Morgan fingerprint density at radius 3 is 2.95 bits per heavy atom. The minimum Gasteiger partial charge on any atom is -0.312 e. The minimum atomic E-state index is -0.569. The van der Waals surface area contributed by atoms with Gasteiger partial charge in [0.05, 0.1) is 11.0 Å². The number of nitrogens with one attached hydrogen (secondary N) is 1. The van der Waals surface area contributed by atoms with E-state index in [2.05, 4.69) is 5.32 Å². The van der Waals surface area contributed by atoms with Crippen molar-refractivity contribution in [3.63, 3.8) is 0 Å². The summed E-state index contributed by atoms with van der Waals surface area (Å²) in [5.41, 5.74) is 0.416. The van der Waals surface area contributed by atoms with Gasteiger partial charge in [0.25, 0.3) is 5.69 Å². The molecule has 0 saturated carbocycles. The lowest BCUT2D eigenvalue weighted by atomic mass is 10.2. The monoisotopic (exact) mass is 302 g/mol. The van der Waals surface area contributed by atoms with Gasteiger partial charge in [-0.05, 0) is 11.6 Å². The molecule has 1 aromatic carbocycles. The first-order valence-electron chi connectivity index (χ1n) is 5.99. The fraction of sp³-hybridized carbons (Fsp3) is 0.500. The number of nitro benzene ring substituents is 1. The lowest BCUT2D eigenvalue weighted by molar-refractivity contribution is -0.385.